The van der Waals surface area contributed by atoms with E-state index in [1.807, 2.05) is 24.3 Å². The molecule has 120 valence electrons. The first-order valence-corrected chi connectivity index (χ1v) is 7.04. The number of hydrogen-bond donors (Lipinski definition) is 2. The molecule has 6 heteroatoms. The molecule has 0 aliphatic rings. The Kier molecular flexibility index (Phi) is 5.99. The molecule has 0 aliphatic carbocycles. The average molecular weight is 314 g/mol. The molecule has 23 heavy (non-hydrogen) atoms. The van der Waals surface area contributed by atoms with Crippen LogP contribution in [0.2, 0.25) is 0 Å². The van der Waals surface area contributed by atoms with E-state index < -0.39 is 6.09 Å². The molecule has 0 bridgehead atoms. The number of carboxylic acid groups (broad SMARTS) is 1. The molecule has 2 rings (SSSR count). The maximum absolute atomic E-state index is 10.6. The zero-order chi connectivity index (χ0) is 16.5. The third kappa shape index (κ3) is 5.35. The third-order valence-electron chi connectivity index (χ3n) is 2.96. The Morgan fingerprint density at radius 2 is 2.22 bits per heavy atom. The van der Waals surface area contributed by atoms with Crippen LogP contribution in [0.3, 0.4) is 0 Å². The Morgan fingerprint density at radius 1 is 1.35 bits per heavy atom. The van der Waals surface area contributed by atoms with Crippen LogP contribution in [0.5, 0.6) is 11.5 Å². The summed E-state index contributed by atoms with van der Waals surface area (Å²) in [5, 5.41) is 11.0. The van der Waals surface area contributed by atoms with Crippen molar-refractivity contribution in [2.24, 2.45) is 0 Å². The highest BCUT2D eigenvalue weighted by atomic mass is 16.5. The quantitative estimate of drug-likeness (QED) is 0.732. The van der Waals surface area contributed by atoms with Gasteiger partial charge in [-0.3, -0.25) is 4.98 Å². The summed E-state index contributed by atoms with van der Waals surface area (Å²) in [4.78, 5) is 14.6. The van der Waals surface area contributed by atoms with E-state index in [1.54, 1.807) is 24.5 Å². The normalized spacial score (nSPS) is 9.91. The van der Waals surface area contributed by atoms with Gasteiger partial charge in [0.05, 0.1) is 6.20 Å². The van der Waals surface area contributed by atoms with Crippen molar-refractivity contribution < 1.29 is 19.4 Å². The summed E-state index contributed by atoms with van der Waals surface area (Å²) < 4.78 is 11.2. The second-order valence-corrected chi connectivity index (χ2v) is 4.68. The van der Waals surface area contributed by atoms with Gasteiger partial charge in [-0.1, -0.05) is 24.8 Å². The maximum atomic E-state index is 10.6. The molecule has 0 spiro atoms. The van der Waals surface area contributed by atoms with Gasteiger partial charge in [0.15, 0.2) is 0 Å². The molecule has 0 fully saturated rings. The molecule has 1 aromatic carbocycles. The van der Waals surface area contributed by atoms with Crippen molar-refractivity contribution in [1.29, 1.82) is 0 Å². The van der Waals surface area contributed by atoms with Crippen molar-refractivity contribution in [3.8, 4) is 11.5 Å². The van der Waals surface area contributed by atoms with Gasteiger partial charge in [-0.2, -0.15) is 0 Å². The number of amides is 1. The Balaban J connectivity index is 2.00. The molecule has 0 unspecified atom stereocenters. The topological polar surface area (TPSA) is 80.7 Å². The number of ether oxygens (including phenoxy) is 2. The number of pyridine rings is 1. The van der Waals surface area contributed by atoms with Gasteiger partial charge >= 0.3 is 6.09 Å². The van der Waals surface area contributed by atoms with Crippen LogP contribution >= 0.6 is 0 Å². The van der Waals surface area contributed by atoms with E-state index in [1.165, 1.54) is 0 Å². The van der Waals surface area contributed by atoms with Crippen molar-refractivity contribution >= 4 is 6.09 Å². The van der Waals surface area contributed by atoms with Crippen LogP contribution in [0.25, 0.3) is 0 Å². The molecule has 0 radical (unpaired) electrons. The largest absolute Gasteiger partial charge is 0.490 e. The third-order valence-corrected chi connectivity index (χ3v) is 2.96. The fourth-order valence-corrected chi connectivity index (χ4v) is 1.90. The molecule has 2 N–H and O–H groups in total. The number of benzene rings is 1. The minimum Gasteiger partial charge on any atom is -0.490 e. The zero-order valence-corrected chi connectivity index (χ0v) is 12.6. The smallest absolute Gasteiger partial charge is 0.404 e. The molecular weight excluding hydrogens is 296 g/mol. The SMILES string of the molecule is C=CCOc1cccc(COc2cnccc2CNC(=O)O)c1. The summed E-state index contributed by atoms with van der Waals surface area (Å²) in [6.07, 6.45) is 3.76. The molecule has 6 nitrogen and oxygen atoms in total. The zero-order valence-electron chi connectivity index (χ0n) is 12.6. The second-order valence-electron chi connectivity index (χ2n) is 4.68. The molecule has 0 aliphatic heterocycles. The standard InChI is InChI=1S/C17H18N2O4/c1-2-8-22-15-5-3-4-13(9-15)12-23-16-11-18-7-6-14(16)10-19-17(20)21/h2-7,9,11,19H,1,8,10,12H2,(H,20,21). The van der Waals surface area contributed by atoms with Crippen LogP contribution in [0.4, 0.5) is 4.79 Å². The van der Waals surface area contributed by atoms with Crippen molar-refractivity contribution in [3.63, 3.8) is 0 Å². The predicted molar refractivity (Wildman–Crippen MR) is 85.6 cm³/mol. The van der Waals surface area contributed by atoms with Gasteiger partial charge in [0.1, 0.15) is 24.7 Å². The first-order valence-electron chi connectivity index (χ1n) is 7.04. The van der Waals surface area contributed by atoms with E-state index in [4.69, 9.17) is 14.6 Å². The highest BCUT2D eigenvalue weighted by molar-refractivity contribution is 5.64. The number of nitrogens with one attached hydrogen (secondary N) is 1. The van der Waals surface area contributed by atoms with Crippen LogP contribution < -0.4 is 14.8 Å². The number of rotatable bonds is 8. The van der Waals surface area contributed by atoms with Crippen LogP contribution in [0.1, 0.15) is 11.1 Å². The van der Waals surface area contributed by atoms with E-state index >= 15 is 0 Å². The number of hydrogen-bond acceptors (Lipinski definition) is 4. The predicted octanol–water partition coefficient (Wildman–Crippen LogP) is 2.99. The van der Waals surface area contributed by atoms with Gasteiger partial charge in [0.25, 0.3) is 0 Å². The van der Waals surface area contributed by atoms with Crippen molar-refractivity contribution in [1.82, 2.24) is 10.3 Å². The molecule has 1 heterocycles. The summed E-state index contributed by atoms with van der Waals surface area (Å²) >= 11 is 0. The highest BCUT2D eigenvalue weighted by Gasteiger charge is 2.06. The first-order chi connectivity index (χ1) is 11.2. The van der Waals surface area contributed by atoms with E-state index in [0.717, 1.165) is 16.9 Å². The van der Waals surface area contributed by atoms with Crippen LogP contribution in [-0.2, 0) is 13.2 Å². The van der Waals surface area contributed by atoms with Gasteiger partial charge in [-0.15, -0.1) is 0 Å². The summed E-state index contributed by atoms with van der Waals surface area (Å²) in [6.45, 7) is 4.54. The monoisotopic (exact) mass is 314 g/mol. The summed E-state index contributed by atoms with van der Waals surface area (Å²) in [6, 6.07) is 9.27. The van der Waals surface area contributed by atoms with Crippen molar-refractivity contribution in [2.45, 2.75) is 13.2 Å². The highest BCUT2D eigenvalue weighted by Crippen LogP contribution is 2.19. The van der Waals surface area contributed by atoms with Crippen LogP contribution in [-0.4, -0.2) is 22.8 Å². The lowest BCUT2D eigenvalue weighted by Crippen LogP contribution is -2.20. The van der Waals surface area contributed by atoms with Crippen LogP contribution in [0, 0.1) is 0 Å². The Labute approximate surface area is 134 Å². The molecule has 0 saturated heterocycles. The van der Waals surface area contributed by atoms with Crippen molar-refractivity contribution in [3.05, 3.63) is 66.5 Å². The van der Waals surface area contributed by atoms with Gasteiger partial charge in [0, 0.05) is 18.3 Å². The summed E-state index contributed by atoms with van der Waals surface area (Å²) in [7, 11) is 0. The van der Waals surface area contributed by atoms with E-state index in [0.29, 0.717) is 19.0 Å². The minimum atomic E-state index is -1.08. The minimum absolute atomic E-state index is 0.162. The average Bonchev–Trinajstić information content (AvgIpc) is 2.57. The number of nitrogens with zero attached hydrogens (tertiary/aromatic N) is 1. The van der Waals surface area contributed by atoms with Gasteiger partial charge < -0.3 is 19.9 Å². The fraction of sp³-hybridized carbons (Fsp3) is 0.176. The Bertz CT molecular complexity index is 673. The van der Waals surface area contributed by atoms with Crippen molar-refractivity contribution in [2.75, 3.05) is 6.61 Å². The van der Waals surface area contributed by atoms with Gasteiger partial charge in [-0.25, -0.2) is 4.79 Å². The number of carbonyl (C=O) groups is 1. The van der Waals surface area contributed by atoms with Gasteiger partial charge in [-0.05, 0) is 23.8 Å². The summed E-state index contributed by atoms with van der Waals surface area (Å²) in [5.74, 6) is 1.28. The molecular formula is C17H18N2O4. The lowest BCUT2D eigenvalue weighted by Gasteiger charge is -2.11. The molecule has 0 saturated carbocycles. The summed E-state index contributed by atoms with van der Waals surface area (Å²) in [5.41, 5.74) is 1.66. The maximum Gasteiger partial charge on any atom is 0.404 e. The second kappa shape index (κ2) is 8.43. The van der Waals surface area contributed by atoms with E-state index in [-0.39, 0.29) is 6.54 Å². The molecule has 1 amide bonds. The fourth-order valence-electron chi connectivity index (χ4n) is 1.90. The lowest BCUT2D eigenvalue weighted by atomic mass is 10.2. The first kappa shape index (κ1) is 16.4. The molecule has 0 atom stereocenters. The molecule has 2 aromatic rings. The van der Waals surface area contributed by atoms with E-state index in [2.05, 4.69) is 16.9 Å². The number of aromatic nitrogens is 1. The molecule has 1 aromatic heterocycles. The Hall–Kier alpha value is -3.02. The van der Waals surface area contributed by atoms with Gasteiger partial charge in [0.2, 0.25) is 0 Å². The van der Waals surface area contributed by atoms with E-state index in [9.17, 15) is 4.79 Å². The Morgan fingerprint density at radius 3 is 3.00 bits per heavy atom. The lowest BCUT2D eigenvalue weighted by molar-refractivity contribution is 0.193. The van der Waals surface area contributed by atoms with Crippen LogP contribution in [0.15, 0.2) is 55.4 Å².